The van der Waals surface area contributed by atoms with Crippen LogP contribution in [0.3, 0.4) is 0 Å². The zero-order valence-corrected chi connectivity index (χ0v) is 11.8. The predicted molar refractivity (Wildman–Crippen MR) is 72.9 cm³/mol. The molecule has 1 nitrogen and oxygen atoms in total. The second kappa shape index (κ2) is 7.50. The second-order valence-corrected chi connectivity index (χ2v) is 4.68. The maximum Gasteiger partial charge on any atom is 0.0548 e. The Morgan fingerprint density at radius 3 is 2.67 bits per heavy atom. The maximum atomic E-state index is 6.04. The smallest absolute Gasteiger partial charge is 0.0548 e. The van der Waals surface area contributed by atoms with Gasteiger partial charge in [-0.2, -0.15) is 0 Å². The van der Waals surface area contributed by atoms with Crippen LogP contribution in [0.1, 0.15) is 37.8 Å². The van der Waals surface area contributed by atoms with Gasteiger partial charge >= 0.3 is 0 Å². The Labute approximate surface area is 111 Å². The summed E-state index contributed by atoms with van der Waals surface area (Å²) in [6, 6.07) is 6.01. The van der Waals surface area contributed by atoms with Crippen LogP contribution >= 0.6 is 39.9 Å². The summed E-state index contributed by atoms with van der Waals surface area (Å²) in [4.78, 5) is 0. The normalized spacial score (nSPS) is 12.0. The van der Waals surface area contributed by atoms with Gasteiger partial charge in [-0.25, -0.2) is 0 Å². The topological polar surface area (TPSA) is 26.0 Å². The van der Waals surface area contributed by atoms with Crippen molar-refractivity contribution in [3.63, 3.8) is 0 Å². The second-order valence-electron chi connectivity index (χ2n) is 3.42. The van der Waals surface area contributed by atoms with Crippen molar-refractivity contribution in [2.75, 3.05) is 0 Å². The van der Waals surface area contributed by atoms with Crippen LogP contribution in [0, 0.1) is 0 Å². The number of unbranched alkanes of at least 4 members (excludes halogenated alkanes) is 1. The molecule has 0 heterocycles. The third kappa shape index (κ3) is 4.73. The largest absolute Gasteiger partial charge is 0.324 e. The molecule has 0 saturated carbocycles. The van der Waals surface area contributed by atoms with Crippen LogP contribution in [0.2, 0.25) is 5.02 Å². The van der Waals surface area contributed by atoms with Crippen LogP contribution < -0.4 is 5.73 Å². The lowest BCUT2D eigenvalue weighted by atomic mass is 10.0. The lowest BCUT2D eigenvalue weighted by Gasteiger charge is -2.12. The number of rotatable bonds is 4. The molecule has 0 aromatic heterocycles. The Kier molecular flexibility index (Phi) is 7.62. The molecule has 1 aromatic rings. The predicted octanol–water partition coefficient (Wildman–Crippen LogP) is 4.71. The highest BCUT2D eigenvalue weighted by Crippen LogP contribution is 2.26. The summed E-state index contributed by atoms with van der Waals surface area (Å²) in [5, 5.41) is 0.733. The Morgan fingerprint density at radius 2 is 2.13 bits per heavy atom. The summed E-state index contributed by atoms with van der Waals surface area (Å²) >= 11 is 9.30. The Hall–Kier alpha value is 0.240. The molecule has 0 bridgehead atoms. The van der Waals surface area contributed by atoms with Gasteiger partial charge in [-0.05, 0) is 40.0 Å². The number of benzene rings is 1. The van der Waals surface area contributed by atoms with E-state index < -0.39 is 0 Å². The average molecular weight is 313 g/mol. The third-order valence-corrected chi connectivity index (χ3v) is 3.45. The summed E-state index contributed by atoms with van der Waals surface area (Å²) < 4.78 is 0.920. The van der Waals surface area contributed by atoms with E-state index in [1.54, 1.807) is 0 Å². The van der Waals surface area contributed by atoms with Crippen molar-refractivity contribution in [2.45, 2.75) is 32.2 Å². The summed E-state index contributed by atoms with van der Waals surface area (Å²) in [7, 11) is 0. The first-order valence-electron chi connectivity index (χ1n) is 4.85. The average Bonchev–Trinajstić information content (AvgIpc) is 2.18. The van der Waals surface area contributed by atoms with Crippen LogP contribution in [0.15, 0.2) is 22.7 Å². The molecule has 0 aliphatic rings. The number of hydrogen-bond acceptors (Lipinski definition) is 1. The third-order valence-electron chi connectivity index (χ3n) is 2.24. The van der Waals surface area contributed by atoms with E-state index in [0.717, 1.165) is 21.5 Å². The van der Waals surface area contributed by atoms with Gasteiger partial charge in [0.25, 0.3) is 0 Å². The molecule has 4 heteroatoms. The molecule has 86 valence electrons. The molecule has 0 unspecified atom stereocenters. The zero-order valence-electron chi connectivity index (χ0n) is 8.67. The molecule has 0 aliphatic heterocycles. The van der Waals surface area contributed by atoms with Crippen molar-refractivity contribution < 1.29 is 0 Å². The van der Waals surface area contributed by atoms with Crippen LogP contribution in [-0.2, 0) is 0 Å². The van der Waals surface area contributed by atoms with Gasteiger partial charge in [-0.3, -0.25) is 0 Å². The van der Waals surface area contributed by atoms with Crippen molar-refractivity contribution in [1.29, 1.82) is 0 Å². The summed E-state index contributed by atoms with van der Waals surface area (Å²) in [5.41, 5.74) is 7.18. The first-order valence-corrected chi connectivity index (χ1v) is 6.02. The molecular weight excluding hydrogens is 297 g/mol. The Balaban J connectivity index is 0.00000196. The van der Waals surface area contributed by atoms with E-state index >= 15 is 0 Å². The standard InChI is InChI=1S/C11H15BrClN.ClH/c1-2-3-4-11(14)8-5-6-10(13)9(12)7-8;/h5-7,11H,2-4,14H2,1H3;1H/t11-;/m0./s1. The highest BCUT2D eigenvalue weighted by Gasteiger charge is 2.06. The molecule has 1 atom stereocenters. The Bertz CT molecular complexity index is 305. The van der Waals surface area contributed by atoms with Gasteiger partial charge in [-0.1, -0.05) is 37.4 Å². The molecule has 0 fully saturated rings. The molecule has 1 aromatic carbocycles. The van der Waals surface area contributed by atoms with Crippen LogP contribution in [0.25, 0.3) is 0 Å². The molecule has 1 rings (SSSR count). The van der Waals surface area contributed by atoms with Gasteiger partial charge in [0, 0.05) is 10.5 Å². The van der Waals surface area contributed by atoms with Crippen molar-refractivity contribution in [2.24, 2.45) is 5.73 Å². The van der Waals surface area contributed by atoms with E-state index in [1.165, 1.54) is 12.8 Å². The van der Waals surface area contributed by atoms with Crippen molar-refractivity contribution in [1.82, 2.24) is 0 Å². The summed E-state index contributed by atoms with van der Waals surface area (Å²) in [6.07, 6.45) is 3.38. The van der Waals surface area contributed by atoms with E-state index in [0.29, 0.717) is 0 Å². The molecule has 0 saturated heterocycles. The lowest BCUT2D eigenvalue weighted by molar-refractivity contribution is 0.603. The molecule has 0 amide bonds. The minimum atomic E-state index is 0. The van der Waals surface area contributed by atoms with Gasteiger partial charge < -0.3 is 5.73 Å². The van der Waals surface area contributed by atoms with Crippen LogP contribution in [0.5, 0.6) is 0 Å². The van der Waals surface area contributed by atoms with Gasteiger partial charge in [-0.15, -0.1) is 12.4 Å². The van der Waals surface area contributed by atoms with E-state index in [1.807, 2.05) is 18.2 Å². The van der Waals surface area contributed by atoms with E-state index in [-0.39, 0.29) is 18.4 Å². The zero-order chi connectivity index (χ0) is 10.6. The molecule has 15 heavy (non-hydrogen) atoms. The van der Waals surface area contributed by atoms with Gasteiger partial charge in [0.15, 0.2) is 0 Å². The van der Waals surface area contributed by atoms with E-state index in [4.69, 9.17) is 17.3 Å². The van der Waals surface area contributed by atoms with E-state index in [2.05, 4.69) is 22.9 Å². The van der Waals surface area contributed by atoms with Gasteiger partial charge in [0.2, 0.25) is 0 Å². The number of nitrogens with two attached hydrogens (primary N) is 1. The summed E-state index contributed by atoms with van der Waals surface area (Å²) in [5.74, 6) is 0. The number of hydrogen-bond donors (Lipinski definition) is 1. The fraction of sp³-hybridized carbons (Fsp3) is 0.455. The monoisotopic (exact) mass is 311 g/mol. The minimum absolute atomic E-state index is 0. The first-order chi connectivity index (χ1) is 6.65. The van der Waals surface area contributed by atoms with Crippen molar-refractivity contribution in [3.05, 3.63) is 33.3 Å². The molecule has 2 N–H and O–H groups in total. The molecular formula is C11H16BrCl2N. The molecule has 0 aliphatic carbocycles. The fourth-order valence-corrected chi connectivity index (χ4v) is 1.85. The SMILES string of the molecule is CCCC[C@H](N)c1ccc(Cl)c(Br)c1.Cl. The summed E-state index contributed by atoms with van der Waals surface area (Å²) in [6.45, 7) is 2.17. The van der Waals surface area contributed by atoms with Crippen molar-refractivity contribution in [3.8, 4) is 0 Å². The van der Waals surface area contributed by atoms with Crippen LogP contribution in [-0.4, -0.2) is 0 Å². The van der Waals surface area contributed by atoms with Crippen molar-refractivity contribution >= 4 is 39.9 Å². The van der Waals surface area contributed by atoms with E-state index in [9.17, 15) is 0 Å². The van der Waals surface area contributed by atoms with Crippen LogP contribution in [0.4, 0.5) is 0 Å². The maximum absolute atomic E-state index is 6.04. The minimum Gasteiger partial charge on any atom is -0.324 e. The highest BCUT2D eigenvalue weighted by molar-refractivity contribution is 9.10. The van der Waals surface area contributed by atoms with Gasteiger partial charge in [0.1, 0.15) is 0 Å². The molecule has 0 radical (unpaired) electrons. The fourth-order valence-electron chi connectivity index (χ4n) is 1.33. The lowest BCUT2D eigenvalue weighted by Crippen LogP contribution is -2.09. The van der Waals surface area contributed by atoms with Gasteiger partial charge in [0.05, 0.1) is 5.02 Å². The highest BCUT2D eigenvalue weighted by atomic mass is 79.9. The first kappa shape index (κ1) is 15.2. The number of halogens is 3. The molecule has 0 spiro atoms. The Morgan fingerprint density at radius 1 is 1.47 bits per heavy atom. The quantitative estimate of drug-likeness (QED) is 0.855.